The fourth-order valence-electron chi connectivity index (χ4n) is 3.88. The van der Waals surface area contributed by atoms with E-state index in [0.29, 0.717) is 12.4 Å². The lowest BCUT2D eigenvalue weighted by molar-refractivity contribution is 0.132. The molecule has 1 aromatic heterocycles. The summed E-state index contributed by atoms with van der Waals surface area (Å²) in [4.78, 5) is 1.86. The summed E-state index contributed by atoms with van der Waals surface area (Å²) in [6.07, 6.45) is 4.43. The number of aryl methyl sites for hydroxylation is 2. The smallest absolute Gasteiger partial charge is 0.233 e. The summed E-state index contributed by atoms with van der Waals surface area (Å²) in [7, 11) is 1.95. The predicted octanol–water partition coefficient (Wildman–Crippen LogP) is 3.69. The zero-order chi connectivity index (χ0) is 22.8. The van der Waals surface area contributed by atoms with Gasteiger partial charge in [0.05, 0.1) is 0 Å². The third-order valence-corrected chi connectivity index (χ3v) is 5.70. The summed E-state index contributed by atoms with van der Waals surface area (Å²) < 4.78 is 13.6. The summed E-state index contributed by atoms with van der Waals surface area (Å²) in [6.45, 7) is 1.38. The summed E-state index contributed by atoms with van der Waals surface area (Å²) in [5, 5.41) is 4.57. The molecule has 0 saturated carbocycles. The molecule has 0 fully saturated rings. The van der Waals surface area contributed by atoms with E-state index in [4.69, 9.17) is 20.9 Å². The Morgan fingerprint density at radius 2 is 1.76 bits per heavy atom. The van der Waals surface area contributed by atoms with Crippen molar-refractivity contribution in [3.8, 4) is 22.9 Å². The lowest BCUT2D eigenvalue weighted by Gasteiger charge is -2.28. The molecule has 0 bridgehead atoms. The van der Waals surface area contributed by atoms with Crippen LogP contribution in [0.25, 0.3) is 17.5 Å². The first-order chi connectivity index (χ1) is 16.0. The second-order valence-corrected chi connectivity index (χ2v) is 8.25. The van der Waals surface area contributed by atoms with Gasteiger partial charge in [0.15, 0.2) is 5.82 Å². The zero-order valence-electron chi connectivity index (χ0n) is 18.5. The first kappa shape index (κ1) is 21.1. The van der Waals surface area contributed by atoms with Gasteiger partial charge in [-0.3, -0.25) is 11.5 Å². The van der Waals surface area contributed by atoms with Crippen molar-refractivity contribution < 1.29 is 9.47 Å². The minimum Gasteiger partial charge on any atom is -0.489 e. The molecule has 7 heteroatoms. The molecule has 168 valence electrons. The maximum absolute atomic E-state index is 5.89. The van der Waals surface area contributed by atoms with E-state index in [9.17, 15) is 0 Å². The van der Waals surface area contributed by atoms with Crippen molar-refractivity contribution >= 4 is 6.08 Å². The van der Waals surface area contributed by atoms with Gasteiger partial charge >= 0.3 is 0 Å². The topological polar surface area (TPSA) is 93.3 Å². The highest BCUT2D eigenvalue weighted by atomic mass is 16.5. The Hall–Kier alpha value is -3.81. The van der Waals surface area contributed by atoms with E-state index in [1.54, 1.807) is 6.08 Å². The molecule has 0 spiro atoms. The molecular weight excluding hydrogens is 414 g/mol. The highest BCUT2D eigenvalue weighted by Gasteiger charge is 2.24. The van der Waals surface area contributed by atoms with Crippen LogP contribution >= 0.6 is 0 Å². The van der Waals surface area contributed by atoms with Gasteiger partial charge in [-0.1, -0.05) is 42.5 Å². The number of hydrogen-bond acceptors (Lipinski definition) is 5. The highest BCUT2D eigenvalue weighted by molar-refractivity contribution is 5.68. The Balaban J connectivity index is 1.22. The first-order valence-electron chi connectivity index (χ1n) is 10.9. The van der Waals surface area contributed by atoms with Gasteiger partial charge in [0.25, 0.3) is 0 Å². The molecule has 1 aliphatic heterocycles. The van der Waals surface area contributed by atoms with Gasteiger partial charge in [0, 0.05) is 24.7 Å². The Morgan fingerprint density at radius 1 is 0.970 bits per heavy atom. The van der Waals surface area contributed by atoms with Crippen molar-refractivity contribution in [1.29, 1.82) is 0 Å². The van der Waals surface area contributed by atoms with Crippen molar-refractivity contribution in [2.24, 2.45) is 18.5 Å². The van der Waals surface area contributed by atoms with Crippen LogP contribution in [0, 0.1) is 0 Å². The molecule has 1 aliphatic rings. The van der Waals surface area contributed by atoms with Crippen LogP contribution in [-0.4, -0.2) is 20.4 Å². The molecule has 0 unspecified atom stereocenters. The van der Waals surface area contributed by atoms with Gasteiger partial charge in [0.1, 0.15) is 18.1 Å². The van der Waals surface area contributed by atoms with E-state index in [0.717, 1.165) is 41.2 Å². The quantitative estimate of drug-likeness (QED) is 0.427. The van der Waals surface area contributed by atoms with Gasteiger partial charge < -0.3 is 9.47 Å². The van der Waals surface area contributed by atoms with Crippen molar-refractivity contribution in [3.63, 3.8) is 0 Å². The highest BCUT2D eigenvalue weighted by Crippen LogP contribution is 2.31. The lowest BCUT2D eigenvalue weighted by Crippen LogP contribution is -2.53. The Morgan fingerprint density at radius 3 is 2.52 bits per heavy atom. The summed E-state index contributed by atoms with van der Waals surface area (Å²) in [6, 6.07) is 24.4. The van der Waals surface area contributed by atoms with Crippen molar-refractivity contribution in [1.82, 2.24) is 14.6 Å². The van der Waals surface area contributed by atoms with Crippen LogP contribution in [0.3, 0.4) is 0 Å². The van der Waals surface area contributed by atoms with E-state index < -0.39 is 5.85 Å². The number of hydrogen-bond donors (Lipinski definition) is 2. The molecule has 0 aliphatic carbocycles. The number of ether oxygens (including phenoxy) is 2. The molecule has 7 nitrogen and oxygen atoms in total. The van der Waals surface area contributed by atoms with Crippen molar-refractivity contribution in [2.45, 2.75) is 25.4 Å². The third kappa shape index (κ3) is 4.69. The van der Waals surface area contributed by atoms with Crippen LogP contribution < -0.4 is 20.9 Å². The Kier molecular flexibility index (Phi) is 5.50. The minimum atomic E-state index is -1.27. The number of fused-ring (bicyclic) bond motifs is 1. The van der Waals surface area contributed by atoms with Crippen LogP contribution in [0.4, 0.5) is 0 Å². The molecule has 4 N–H and O–H groups in total. The average Bonchev–Trinajstić information content (AvgIpc) is 2.82. The molecule has 0 saturated heterocycles. The minimum absolute atomic E-state index is 0.567. The zero-order valence-corrected chi connectivity index (χ0v) is 18.5. The van der Waals surface area contributed by atoms with Gasteiger partial charge in [-0.2, -0.15) is 0 Å². The number of nitrogens with two attached hydrogens (primary N) is 2. The predicted molar refractivity (Wildman–Crippen MR) is 128 cm³/mol. The fraction of sp³-hybridized carbons (Fsp3) is 0.192. The van der Waals surface area contributed by atoms with E-state index in [2.05, 4.69) is 34.0 Å². The molecule has 0 atom stereocenters. The Labute approximate surface area is 192 Å². The number of benzene rings is 3. The second-order valence-electron chi connectivity index (χ2n) is 8.25. The molecule has 5 rings (SSSR count). The van der Waals surface area contributed by atoms with E-state index in [1.165, 1.54) is 5.56 Å². The maximum Gasteiger partial charge on any atom is 0.233 e. The van der Waals surface area contributed by atoms with E-state index >= 15 is 0 Å². The average molecular weight is 442 g/mol. The van der Waals surface area contributed by atoms with Crippen LogP contribution in [0.1, 0.15) is 16.7 Å². The molecule has 33 heavy (non-hydrogen) atoms. The fourth-order valence-corrected chi connectivity index (χ4v) is 3.88. The molecule has 0 amide bonds. The lowest BCUT2D eigenvalue weighted by atomic mass is 10.1. The standard InChI is InChI=1S/C26H27N5O2/c1-30-29-25(22-9-12-24-21(17-22)13-15-26(27,28)33-24)31(30)16-14-19-7-10-23(11-8-19)32-18-20-5-3-2-4-6-20/h2-13,15,17H,14,16,18,27-28H2,1H3. The number of rotatable bonds is 7. The van der Waals surface area contributed by atoms with Gasteiger partial charge in [0.2, 0.25) is 5.85 Å². The third-order valence-electron chi connectivity index (χ3n) is 5.70. The van der Waals surface area contributed by atoms with Gasteiger partial charge in [-0.05, 0) is 60.0 Å². The number of nitrogens with zero attached hydrogens (tertiary/aromatic N) is 3. The molecule has 4 aromatic rings. The largest absolute Gasteiger partial charge is 0.489 e. The Bertz CT molecular complexity index is 1270. The van der Waals surface area contributed by atoms with Crippen LogP contribution in [-0.2, 0) is 26.6 Å². The second kappa shape index (κ2) is 8.61. The molecule has 2 heterocycles. The van der Waals surface area contributed by atoms with Crippen LogP contribution in [0.2, 0.25) is 0 Å². The first-order valence-corrected chi connectivity index (χ1v) is 10.9. The van der Waals surface area contributed by atoms with E-state index in [-0.39, 0.29) is 0 Å². The van der Waals surface area contributed by atoms with E-state index in [1.807, 2.05) is 66.5 Å². The van der Waals surface area contributed by atoms with Crippen molar-refractivity contribution in [3.05, 3.63) is 95.6 Å². The van der Waals surface area contributed by atoms with Crippen molar-refractivity contribution in [2.75, 3.05) is 0 Å². The summed E-state index contributed by atoms with van der Waals surface area (Å²) >= 11 is 0. The molecule has 0 radical (unpaired) electrons. The van der Waals surface area contributed by atoms with Crippen LogP contribution in [0.15, 0.2) is 78.9 Å². The van der Waals surface area contributed by atoms with Gasteiger partial charge in [-0.15, -0.1) is 5.10 Å². The monoisotopic (exact) mass is 441 g/mol. The molecule has 3 aromatic carbocycles. The van der Waals surface area contributed by atoms with Gasteiger partial charge in [-0.25, -0.2) is 9.48 Å². The normalized spacial score (nSPS) is 14.0. The summed E-state index contributed by atoms with van der Waals surface area (Å²) in [5.41, 5.74) is 16.0. The number of aromatic nitrogens is 3. The van der Waals surface area contributed by atoms with Crippen LogP contribution in [0.5, 0.6) is 11.5 Å². The SMILES string of the molecule is Cn1nc(-c2ccc3c(c2)C=CC(N)(N)O3)n1CCc1ccc(OCc2ccccc2)cc1. The maximum atomic E-state index is 5.89. The molecular formula is C26H27N5O2. The summed E-state index contributed by atoms with van der Waals surface area (Å²) in [5.74, 6) is 1.19.